The Morgan fingerprint density at radius 1 is 1.43 bits per heavy atom. The lowest BCUT2D eigenvalue weighted by Crippen LogP contribution is -1.95. The Balaban J connectivity index is 2.55. The lowest BCUT2D eigenvalue weighted by atomic mass is 10.2. The summed E-state index contributed by atoms with van der Waals surface area (Å²) in [4.78, 5) is 4.42. The minimum absolute atomic E-state index is 0.672. The van der Waals surface area contributed by atoms with Crippen LogP contribution in [0.2, 0.25) is 0 Å². The molecule has 2 aromatic heterocycles. The third-order valence-electron chi connectivity index (χ3n) is 2.14. The van der Waals surface area contributed by atoms with E-state index in [1.54, 1.807) is 11.3 Å². The normalized spacial score (nSPS) is 10.7. The topological polar surface area (TPSA) is 22.1 Å². The van der Waals surface area contributed by atoms with Gasteiger partial charge in [0, 0.05) is 6.07 Å². The predicted octanol–water partition coefficient (Wildman–Crippen LogP) is 3.26. The van der Waals surface area contributed by atoms with Gasteiger partial charge >= 0.3 is 0 Å². The highest BCUT2D eigenvalue weighted by Crippen LogP contribution is 2.27. The van der Waals surface area contributed by atoms with Crippen molar-refractivity contribution in [1.29, 1.82) is 0 Å². The number of nitrogens with zero attached hydrogens (tertiary/aromatic N) is 1. The van der Waals surface area contributed by atoms with Crippen LogP contribution in [-0.2, 0) is 6.42 Å². The van der Waals surface area contributed by atoms with Crippen LogP contribution in [0.1, 0.15) is 19.4 Å². The number of rotatable bonds is 3. The Labute approximate surface area is 87.5 Å². The fourth-order valence-electron chi connectivity index (χ4n) is 1.48. The smallest absolute Gasteiger partial charge is 0.214 e. The fourth-order valence-corrected chi connectivity index (χ4v) is 2.40. The Morgan fingerprint density at radius 3 is 3.00 bits per heavy atom. The lowest BCUT2D eigenvalue weighted by Gasteiger charge is -2.04. The number of aryl methyl sites for hydroxylation is 1. The van der Waals surface area contributed by atoms with Gasteiger partial charge in [0.15, 0.2) is 0 Å². The molecule has 0 spiro atoms. The minimum Gasteiger partial charge on any atom is -0.478 e. The molecule has 2 heterocycles. The number of aromatic nitrogens is 1. The van der Waals surface area contributed by atoms with Crippen LogP contribution in [0.3, 0.4) is 0 Å². The maximum absolute atomic E-state index is 5.42. The van der Waals surface area contributed by atoms with Crippen molar-refractivity contribution < 1.29 is 4.74 Å². The summed E-state index contributed by atoms with van der Waals surface area (Å²) in [5, 5.41) is 2.08. The van der Waals surface area contributed by atoms with Gasteiger partial charge in [-0.3, -0.25) is 0 Å². The fraction of sp³-hybridized carbons (Fsp3) is 0.364. The summed E-state index contributed by atoms with van der Waals surface area (Å²) >= 11 is 1.75. The van der Waals surface area contributed by atoms with E-state index in [2.05, 4.69) is 17.3 Å². The first kappa shape index (κ1) is 9.46. The maximum atomic E-state index is 5.42. The summed E-state index contributed by atoms with van der Waals surface area (Å²) in [6, 6.07) is 4.09. The molecular formula is C11H13NOS. The van der Waals surface area contributed by atoms with Crippen LogP contribution in [0, 0.1) is 0 Å². The lowest BCUT2D eigenvalue weighted by molar-refractivity contribution is 0.328. The van der Waals surface area contributed by atoms with Crippen molar-refractivity contribution in [2.75, 3.05) is 6.61 Å². The SMILES string of the molecule is CCOc1cc(CC)c2sccc2n1. The quantitative estimate of drug-likeness (QED) is 0.770. The van der Waals surface area contributed by atoms with Crippen LogP contribution < -0.4 is 4.74 Å². The molecule has 14 heavy (non-hydrogen) atoms. The van der Waals surface area contributed by atoms with Gasteiger partial charge in [-0.15, -0.1) is 11.3 Å². The molecule has 74 valence electrons. The van der Waals surface area contributed by atoms with E-state index in [0.29, 0.717) is 6.61 Å². The summed E-state index contributed by atoms with van der Waals surface area (Å²) in [5.41, 5.74) is 2.38. The van der Waals surface area contributed by atoms with Crippen molar-refractivity contribution in [3.63, 3.8) is 0 Å². The van der Waals surface area contributed by atoms with Gasteiger partial charge in [0.05, 0.1) is 16.8 Å². The van der Waals surface area contributed by atoms with E-state index in [0.717, 1.165) is 17.8 Å². The zero-order valence-electron chi connectivity index (χ0n) is 8.41. The van der Waals surface area contributed by atoms with Crippen LogP contribution in [0.15, 0.2) is 17.5 Å². The van der Waals surface area contributed by atoms with E-state index in [4.69, 9.17) is 4.74 Å². The molecule has 0 fully saturated rings. The molecule has 2 nitrogen and oxygen atoms in total. The largest absolute Gasteiger partial charge is 0.478 e. The van der Waals surface area contributed by atoms with E-state index in [1.165, 1.54) is 10.3 Å². The second-order valence-electron chi connectivity index (χ2n) is 3.04. The molecule has 0 aliphatic rings. The molecule has 0 aliphatic heterocycles. The molecule has 0 N–H and O–H groups in total. The molecule has 2 aromatic rings. The highest BCUT2D eigenvalue weighted by Gasteiger charge is 2.05. The zero-order chi connectivity index (χ0) is 9.97. The molecule has 3 heteroatoms. The first-order chi connectivity index (χ1) is 6.85. The highest BCUT2D eigenvalue weighted by atomic mass is 32.1. The molecule has 0 saturated heterocycles. The van der Waals surface area contributed by atoms with Gasteiger partial charge in [-0.05, 0) is 30.4 Å². The van der Waals surface area contributed by atoms with Crippen molar-refractivity contribution in [3.05, 3.63) is 23.1 Å². The molecule has 0 unspecified atom stereocenters. The number of ether oxygens (including phenoxy) is 1. The van der Waals surface area contributed by atoms with Crippen LogP contribution in [0.25, 0.3) is 10.2 Å². The predicted molar refractivity (Wildman–Crippen MR) is 60.2 cm³/mol. The maximum Gasteiger partial charge on any atom is 0.214 e. The highest BCUT2D eigenvalue weighted by molar-refractivity contribution is 7.17. The minimum atomic E-state index is 0.672. The number of thiophene rings is 1. The van der Waals surface area contributed by atoms with Crippen LogP contribution >= 0.6 is 11.3 Å². The van der Waals surface area contributed by atoms with Crippen LogP contribution in [-0.4, -0.2) is 11.6 Å². The summed E-state index contributed by atoms with van der Waals surface area (Å²) in [7, 11) is 0. The van der Waals surface area contributed by atoms with Crippen molar-refractivity contribution in [2.24, 2.45) is 0 Å². The van der Waals surface area contributed by atoms with Crippen molar-refractivity contribution in [1.82, 2.24) is 4.98 Å². The molecule has 0 saturated carbocycles. The number of fused-ring (bicyclic) bond motifs is 1. The zero-order valence-corrected chi connectivity index (χ0v) is 9.23. The number of hydrogen-bond donors (Lipinski definition) is 0. The van der Waals surface area contributed by atoms with Gasteiger partial charge in [-0.25, -0.2) is 4.98 Å². The Hall–Kier alpha value is -1.09. The van der Waals surface area contributed by atoms with Crippen LogP contribution in [0.4, 0.5) is 0 Å². The number of pyridine rings is 1. The first-order valence-corrected chi connectivity index (χ1v) is 5.73. The summed E-state index contributed by atoms with van der Waals surface area (Å²) in [5.74, 6) is 0.746. The van der Waals surface area contributed by atoms with Crippen LogP contribution in [0.5, 0.6) is 5.88 Å². The van der Waals surface area contributed by atoms with Gasteiger partial charge in [0.25, 0.3) is 0 Å². The van der Waals surface area contributed by atoms with Gasteiger partial charge in [-0.2, -0.15) is 0 Å². The standard InChI is InChI=1S/C11H13NOS/c1-3-8-7-10(13-4-2)12-9-5-6-14-11(8)9/h5-7H,3-4H2,1-2H3. The van der Waals surface area contributed by atoms with E-state index < -0.39 is 0 Å². The third-order valence-corrected chi connectivity index (χ3v) is 3.12. The van der Waals surface area contributed by atoms with Gasteiger partial charge in [0.2, 0.25) is 5.88 Å². The summed E-state index contributed by atoms with van der Waals surface area (Å²) in [6.07, 6.45) is 1.03. The van der Waals surface area contributed by atoms with Crippen molar-refractivity contribution in [3.8, 4) is 5.88 Å². The Morgan fingerprint density at radius 2 is 2.29 bits per heavy atom. The molecule has 0 radical (unpaired) electrons. The molecule has 0 aromatic carbocycles. The molecule has 0 amide bonds. The van der Waals surface area contributed by atoms with Crippen molar-refractivity contribution >= 4 is 21.6 Å². The average molecular weight is 207 g/mol. The number of hydrogen-bond acceptors (Lipinski definition) is 3. The molecule has 0 atom stereocenters. The second kappa shape index (κ2) is 3.96. The molecule has 0 aliphatic carbocycles. The van der Waals surface area contributed by atoms with Gasteiger partial charge < -0.3 is 4.74 Å². The van der Waals surface area contributed by atoms with Crippen molar-refractivity contribution in [2.45, 2.75) is 20.3 Å². The Kier molecular flexibility index (Phi) is 2.68. The van der Waals surface area contributed by atoms with Gasteiger partial charge in [0.1, 0.15) is 0 Å². The second-order valence-corrected chi connectivity index (χ2v) is 3.96. The third kappa shape index (κ3) is 1.60. The first-order valence-electron chi connectivity index (χ1n) is 4.85. The van der Waals surface area contributed by atoms with Gasteiger partial charge in [-0.1, -0.05) is 6.92 Å². The molecule has 0 bridgehead atoms. The monoisotopic (exact) mass is 207 g/mol. The average Bonchev–Trinajstić information content (AvgIpc) is 2.65. The van der Waals surface area contributed by atoms with E-state index in [-0.39, 0.29) is 0 Å². The van der Waals surface area contributed by atoms with E-state index in [9.17, 15) is 0 Å². The molecule has 2 rings (SSSR count). The summed E-state index contributed by atoms with van der Waals surface area (Å²) in [6.45, 7) is 4.81. The Bertz CT molecular complexity index is 436. The van der Waals surface area contributed by atoms with E-state index in [1.807, 2.05) is 19.1 Å². The summed E-state index contributed by atoms with van der Waals surface area (Å²) < 4.78 is 6.71. The van der Waals surface area contributed by atoms with E-state index >= 15 is 0 Å². The molecular weight excluding hydrogens is 194 g/mol.